The second-order valence-electron chi connectivity index (χ2n) is 22.9. The molecule has 0 aliphatic rings. The monoisotopic (exact) mass is 1370 g/mol. The summed E-state index contributed by atoms with van der Waals surface area (Å²) in [6, 6.07) is 103. The Morgan fingerprint density at radius 2 is 0.586 bits per heavy atom. The Hall–Kier alpha value is -9.06. The summed E-state index contributed by atoms with van der Waals surface area (Å²) in [5.41, 5.74) is 20.9. The summed E-state index contributed by atoms with van der Waals surface area (Å²) < 4.78 is 46.8. The van der Waals surface area contributed by atoms with Gasteiger partial charge in [0.15, 0.2) is 0 Å². The van der Waals surface area contributed by atoms with Crippen LogP contribution in [0.25, 0.3) is 155 Å². The first-order valence-corrected chi connectivity index (χ1v) is 31.6. The van der Waals surface area contributed by atoms with Crippen LogP contribution in [0.2, 0.25) is 0 Å². The average molecular weight is 1370 g/mol. The number of fused-ring (bicyclic) bond motifs is 6. The summed E-state index contributed by atoms with van der Waals surface area (Å²) in [7, 11) is 4.47. The van der Waals surface area contributed by atoms with E-state index in [-0.39, 0.29) is 144 Å². The maximum absolute atomic E-state index is 15.4. The molecular formula is C86H60F2K2NO7P. The second-order valence-corrected chi connectivity index (χ2v) is 23.4. The van der Waals surface area contributed by atoms with Crippen molar-refractivity contribution in [2.45, 2.75) is 0 Å². The molecule has 16 aromatic rings. The first-order valence-electron chi connectivity index (χ1n) is 31.1. The molecule has 0 atom stereocenters. The van der Waals surface area contributed by atoms with Crippen molar-refractivity contribution in [3.63, 3.8) is 0 Å². The molecule has 14 aromatic carbocycles. The average Bonchev–Trinajstić information content (AvgIpc) is 1.56. The van der Waals surface area contributed by atoms with Crippen molar-refractivity contribution in [1.82, 2.24) is 0 Å². The van der Waals surface area contributed by atoms with Crippen LogP contribution < -0.4 is 108 Å². The standard InChI is InChI=1S/C42H28F2O2.C42H26O2.CH4NP.CH2O3.2K.H/c43-39-19-17-33(31-15-7-13-29(21-31)27-9-3-1-4-10-27)23-35(39)37-25-38(42(46)26-41(37)45)36-24-34(18-20-40(36)44)32-16-8-14-30(22-32)28-11-5-2-6-12-28;1-3-9-27(10-4-1)29-13-7-15-31(21-29)33-17-19-39-35(23-33)37-25-38-36-24-34(18-20-40(36)44-42(38)26-41(37)43-39)32-16-8-14-30(22-32)28-11-5-2-6-12-28;1-2-3;2-1-4-3;;;/h1-26,45-46H;1-26H;3H,1H3;1,3H;;;/q;;;;2*+1;-1/p-1. The number of nitrogens with zero attached hydrogens (tertiary/aromatic N) is 1. The first-order chi connectivity index (χ1) is 47.5. The van der Waals surface area contributed by atoms with Gasteiger partial charge >= 0.3 is 103 Å². The third kappa shape index (κ3) is 16.2. The summed E-state index contributed by atoms with van der Waals surface area (Å²) in [4.78, 5) is 11.2. The summed E-state index contributed by atoms with van der Waals surface area (Å²) in [6.45, 7) is -0.181. The van der Waals surface area contributed by atoms with Crippen LogP contribution in [-0.4, -0.2) is 23.7 Å². The molecule has 8 nitrogen and oxygen atoms in total. The number of carbonyl (C=O) groups excluding carboxylic acids is 1. The van der Waals surface area contributed by atoms with Gasteiger partial charge in [-0.05, 0) is 183 Å². The van der Waals surface area contributed by atoms with Gasteiger partial charge in [-0.15, -0.1) is 0 Å². The molecule has 0 amide bonds. The summed E-state index contributed by atoms with van der Waals surface area (Å²) in [5, 5.41) is 34.6. The predicted octanol–water partition coefficient (Wildman–Crippen LogP) is 17.0. The molecule has 2 aromatic heterocycles. The van der Waals surface area contributed by atoms with Crippen LogP contribution in [0.5, 0.6) is 11.5 Å². The number of carbonyl (C=O) groups is 1. The number of hydrogen-bond acceptors (Lipinski definition) is 8. The molecule has 0 aliphatic heterocycles. The number of benzene rings is 14. The van der Waals surface area contributed by atoms with E-state index in [9.17, 15) is 10.2 Å². The Morgan fingerprint density at radius 1 is 0.333 bits per heavy atom. The van der Waals surface area contributed by atoms with Gasteiger partial charge in [0, 0.05) is 63.0 Å². The quantitative estimate of drug-likeness (QED) is 0.0434. The van der Waals surface area contributed by atoms with Gasteiger partial charge in [-0.2, -0.15) is 0 Å². The first kappa shape index (κ1) is 71.2. The number of halogens is 2. The fourth-order valence-corrected chi connectivity index (χ4v) is 12.3. The zero-order valence-electron chi connectivity index (χ0n) is 55.2. The van der Waals surface area contributed by atoms with Crippen LogP contribution in [-0.2, 0) is 9.68 Å². The number of aromatic hydroxyl groups is 2. The van der Waals surface area contributed by atoms with Gasteiger partial charge in [-0.25, -0.2) is 8.78 Å². The minimum atomic E-state index is -0.554. The number of hydrogen-bond donors (Lipinski definition) is 2. The molecule has 0 radical (unpaired) electrons. The molecule has 2 heterocycles. The molecule has 99 heavy (non-hydrogen) atoms. The van der Waals surface area contributed by atoms with Crippen LogP contribution in [0.4, 0.5) is 8.78 Å². The van der Waals surface area contributed by atoms with Gasteiger partial charge in [0.2, 0.25) is 0 Å². The van der Waals surface area contributed by atoms with Gasteiger partial charge in [-0.1, -0.05) is 218 Å². The predicted molar refractivity (Wildman–Crippen MR) is 390 cm³/mol. The van der Waals surface area contributed by atoms with E-state index in [1.165, 1.54) is 51.6 Å². The van der Waals surface area contributed by atoms with Crippen LogP contribution in [0, 0.1) is 11.6 Å². The smallest absolute Gasteiger partial charge is 1.00 e. The normalized spacial score (nSPS) is 10.6. The SMILES string of the molecule is CN=P.O=CO[O-].Oc1cc(O)c(-c2cc(-c3cccc(-c4ccccc4)c3)ccc2F)cc1-c1cc(-c2cccc(-c3ccccc3)c2)ccc1F.[H-].[K+].[K+].c1ccc(-c2cccc(-c3ccc4oc5cc6oc7ccc(-c8cccc(-c9ccccc9)c8)cc7c6cc5c4c3)c2)cc1. The maximum Gasteiger partial charge on any atom is 1.00 e. The van der Waals surface area contributed by atoms with E-state index in [2.05, 4.69) is 170 Å². The number of rotatable bonds is 11. The molecule has 13 heteroatoms. The van der Waals surface area contributed by atoms with Crippen molar-refractivity contribution in [3.8, 4) is 123 Å². The maximum atomic E-state index is 15.4. The van der Waals surface area contributed by atoms with Crippen LogP contribution in [0.1, 0.15) is 1.43 Å². The molecule has 0 saturated heterocycles. The minimum Gasteiger partial charge on any atom is -1.00 e. The molecular weight excluding hydrogens is 1310 g/mol. The van der Waals surface area contributed by atoms with Crippen molar-refractivity contribution in [1.29, 1.82) is 0 Å². The Bertz CT molecular complexity index is 5200. The zero-order valence-corrected chi connectivity index (χ0v) is 61.5. The molecule has 0 bridgehead atoms. The summed E-state index contributed by atoms with van der Waals surface area (Å²) >= 11 is 0. The second kappa shape index (κ2) is 33.2. The van der Waals surface area contributed by atoms with Crippen molar-refractivity contribution in [2.24, 2.45) is 4.74 Å². The topological polar surface area (TPSA) is 128 Å². The Labute approximate surface area is 660 Å². The molecule has 16 rings (SSSR count). The molecule has 2 N–H and O–H groups in total. The summed E-state index contributed by atoms with van der Waals surface area (Å²) in [5.74, 6) is -1.74. The van der Waals surface area contributed by atoms with Gasteiger partial charge in [-0.3, -0.25) is 9.54 Å². The van der Waals surface area contributed by atoms with Gasteiger partial charge in [0.1, 0.15) is 45.5 Å². The van der Waals surface area contributed by atoms with Crippen molar-refractivity contribution in [3.05, 3.63) is 327 Å². The van der Waals surface area contributed by atoms with E-state index in [1.807, 2.05) is 115 Å². The fraction of sp³-hybridized carbons (Fsp3) is 0.0116. The van der Waals surface area contributed by atoms with Crippen LogP contribution in [0.3, 0.4) is 0 Å². The zero-order chi connectivity index (χ0) is 66.8. The number of phenolic OH excluding ortho intramolecular Hbond substituents is 2. The van der Waals surface area contributed by atoms with E-state index < -0.39 is 11.6 Å². The largest absolute Gasteiger partial charge is 1.00 e. The van der Waals surface area contributed by atoms with E-state index in [1.54, 1.807) is 31.3 Å². The Kier molecular flexibility index (Phi) is 23.9. The Morgan fingerprint density at radius 3 is 0.889 bits per heavy atom. The number of phenols is 2. The van der Waals surface area contributed by atoms with Gasteiger partial charge in [0.25, 0.3) is 6.47 Å². The van der Waals surface area contributed by atoms with Gasteiger partial charge in [0.05, 0.1) is 0 Å². The molecule has 0 unspecified atom stereocenters. The van der Waals surface area contributed by atoms with Crippen LogP contribution in [0.15, 0.2) is 329 Å². The Balaban J connectivity index is 0.000000193. The molecule has 472 valence electrons. The third-order valence-corrected chi connectivity index (χ3v) is 16.9. The van der Waals surface area contributed by atoms with E-state index in [0.717, 1.165) is 106 Å². The molecule has 0 spiro atoms. The molecule has 0 saturated carbocycles. The van der Waals surface area contributed by atoms with E-state index in [0.29, 0.717) is 0 Å². The minimum absolute atomic E-state index is 0. The van der Waals surface area contributed by atoms with Crippen LogP contribution >= 0.6 is 9.03 Å². The van der Waals surface area contributed by atoms with Crippen molar-refractivity contribution >= 4 is 59.4 Å². The van der Waals surface area contributed by atoms with Crippen molar-refractivity contribution < 1.29 is 147 Å². The summed E-state index contributed by atoms with van der Waals surface area (Å²) in [6.07, 6.45) is 0. The van der Waals surface area contributed by atoms with E-state index in [4.69, 9.17) is 18.9 Å². The molecule has 0 fully saturated rings. The van der Waals surface area contributed by atoms with Crippen molar-refractivity contribution in [2.75, 3.05) is 7.05 Å². The number of furan rings is 2. The van der Waals surface area contributed by atoms with Gasteiger partial charge < -0.3 is 30.6 Å². The third-order valence-electron chi connectivity index (χ3n) is 16.9. The fourth-order valence-electron chi connectivity index (χ4n) is 12.3. The van der Waals surface area contributed by atoms with E-state index >= 15 is 8.78 Å². The molecule has 0 aliphatic carbocycles.